The Morgan fingerprint density at radius 2 is 0.700 bits per heavy atom. The van der Waals surface area contributed by atoms with Crippen LogP contribution in [0.2, 0.25) is 0 Å². The second-order valence-electron chi connectivity index (χ2n) is 15.6. The van der Waals surface area contributed by atoms with E-state index in [0.717, 1.165) is 122 Å². The van der Waals surface area contributed by atoms with Gasteiger partial charge in [-0.05, 0) is 109 Å². The third kappa shape index (κ3) is 45.4. The van der Waals surface area contributed by atoms with Crippen LogP contribution >= 0.6 is 0 Å². The summed E-state index contributed by atoms with van der Waals surface area (Å²) in [6, 6.07) is 0. The third-order valence-electron chi connectivity index (χ3n) is 9.83. The molecular formula is C54H88O6. The first kappa shape index (κ1) is 56.3. The van der Waals surface area contributed by atoms with E-state index in [4.69, 9.17) is 14.2 Å². The normalized spacial score (nSPS) is 12.9. The average molecular weight is 833 g/mol. The van der Waals surface area contributed by atoms with Crippen molar-refractivity contribution in [3.63, 3.8) is 0 Å². The number of rotatable bonds is 42. The van der Waals surface area contributed by atoms with Gasteiger partial charge in [0.1, 0.15) is 13.2 Å². The molecular weight excluding hydrogens is 745 g/mol. The molecule has 0 aliphatic rings. The van der Waals surface area contributed by atoms with Crippen molar-refractivity contribution < 1.29 is 28.6 Å². The van der Waals surface area contributed by atoms with E-state index in [1.165, 1.54) is 44.9 Å². The van der Waals surface area contributed by atoms with Crippen molar-refractivity contribution in [3.05, 3.63) is 97.2 Å². The van der Waals surface area contributed by atoms with E-state index in [1.807, 2.05) is 0 Å². The quantitative estimate of drug-likeness (QED) is 0.0200. The molecule has 0 bridgehead atoms. The summed E-state index contributed by atoms with van der Waals surface area (Å²) in [7, 11) is 0. The number of carbonyl (C=O) groups excluding carboxylic acids is 3. The molecule has 1 atom stereocenters. The number of unbranched alkanes of at least 4 members (excludes halogenated alkanes) is 16. The van der Waals surface area contributed by atoms with Crippen LogP contribution in [-0.4, -0.2) is 37.2 Å². The van der Waals surface area contributed by atoms with Crippen LogP contribution in [0.1, 0.15) is 207 Å². The summed E-state index contributed by atoms with van der Waals surface area (Å²) in [5, 5.41) is 0. The van der Waals surface area contributed by atoms with Gasteiger partial charge in [-0.15, -0.1) is 0 Å². The molecule has 0 rings (SSSR count). The summed E-state index contributed by atoms with van der Waals surface area (Å²) in [5.41, 5.74) is 0. The summed E-state index contributed by atoms with van der Waals surface area (Å²) in [6.45, 7) is 6.30. The van der Waals surface area contributed by atoms with Crippen molar-refractivity contribution in [2.45, 2.75) is 213 Å². The molecule has 0 aromatic carbocycles. The molecule has 6 heteroatoms. The minimum Gasteiger partial charge on any atom is -0.462 e. The summed E-state index contributed by atoms with van der Waals surface area (Å²) in [6.07, 6.45) is 62.5. The average Bonchev–Trinajstić information content (AvgIpc) is 3.24. The lowest BCUT2D eigenvalue weighted by atomic mass is 10.1. The van der Waals surface area contributed by atoms with Gasteiger partial charge in [-0.25, -0.2) is 0 Å². The lowest BCUT2D eigenvalue weighted by Crippen LogP contribution is -2.30. The molecule has 0 aliphatic heterocycles. The molecule has 6 nitrogen and oxygen atoms in total. The van der Waals surface area contributed by atoms with Crippen LogP contribution in [0.5, 0.6) is 0 Å². The second-order valence-corrected chi connectivity index (χ2v) is 15.6. The van der Waals surface area contributed by atoms with Crippen LogP contribution < -0.4 is 0 Å². The van der Waals surface area contributed by atoms with Crippen molar-refractivity contribution in [2.75, 3.05) is 13.2 Å². The van der Waals surface area contributed by atoms with Crippen molar-refractivity contribution in [3.8, 4) is 0 Å². The number of hydrogen-bond acceptors (Lipinski definition) is 6. The van der Waals surface area contributed by atoms with E-state index in [-0.39, 0.29) is 37.5 Å². The van der Waals surface area contributed by atoms with Crippen molar-refractivity contribution >= 4 is 17.9 Å². The third-order valence-corrected chi connectivity index (χ3v) is 9.83. The molecule has 0 spiro atoms. The Morgan fingerprint density at radius 3 is 1.17 bits per heavy atom. The maximum absolute atomic E-state index is 12.7. The first-order valence-corrected chi connectivity index (χ1v) is 24.3. The molecule has 0 saturated carbocycles. The van der Waals surface area contributed by atoms with Gasteiger partial charge in [0, 0.05) is 19.3 Å². The predicted octanol–water partition coefficient (Wildman–Crippen LogP) is 15.8. The van der Waals surface area contributed by atoms with E-state index in [9.17, 15) is 14.4 Å². The maximum atomic E-state index is 12.7. The molecule has 60 heavy (non-hydrogen) atoms. The van der Waals surface area contributed by atoms with Gasteiger partial charge in [0.25, 0.3) is 0 Å². The molecule has 0 aromatic rings. The molecule has 0 radical (unpaired) electrons. The molecule has 0 heterocycles. The highest BCUT2D eigenvalue weighted by Crippen LogP contribution is 2.12. The standard InChI is InChI=1S/C54H88O6/c1-4-7-10-13-16-19-22-25-27-28-30-32-35-38-41-44-47-53(56)59-50-51(49-58-52(55)46-43-40-37-34-31-24-21-18-15-12-9-6-3)60-54(57)48-45-42-39-36-33-29-26-23-20-17-14-11-8-5-2/h8-9,11-12,17-18,20-21,26-32,34,51H,4-7,10,13-16,19,22-25,33,35-50H2,1-3H3/b11-8-,12-9-,20-17-,21-18-,28-27-,29-26-,32-30-,34-31-. The van der Waals surface area contributed by atoms with Crippen LogP contribution in [0, 0.1) is 0 Å². The zero-order valence-electron chi connectivity index (χ0n) is 38.7. The van der Waals surface area contributed by atoms with Gasteiger partial charge in [-0.3, -0.25) is 14.4 Å². The summed E-state index contributed by atoms with van der Waals surface area (Å²) in [4.78, 5) is 37.8. The molecule has 0 saturated heterocycles. The van der Waals surface area contributed by atoms with Crippen LogP contribution in [0.3, 0.4) is 0 Å². The fourth-order valence-electron chi connectivity index (χ4n) is 6.22. The van der Waals surface area contributed by atoms with Gasteiger partial charge >= 0.3 is 17.9 Å². The highest BCUT2D eigenvalue weighted by atomic mass is 16.6. The minimum atomic E-state index is -0.815. The number of carbonyl (C=O) groups is 3. The fraction of sp³-hybridized carbons (Fsp3) is 0.648. The summed E-state index contributed by atoms with van der Waals surface area (Å²) in [5.74, 6) is -1.01. The Labute approximate surface area is 368 Å². The Kier molecular flexibility index (Phi) is 45.1. The second kappa shape index (κ2) is 48.0. The predicted molar refractivity (Wildman–Crippen MR) is 256 cm³/mol. The Morgan fingerprint density at radius 1 is 0.367 bits per heavy atom. The van der Waals surface area contributed by atoms with Gasteiger partial charge < -0.3 is 14.2 Å². The van der Waals surface area contributed by atoms with Crippen LogP contribution in [0.25, 0.3) is 0 Å². The van der Waals surface area contributed by atoms with E-state index < -0.39 is 6.10 Å². The van der Waals surface area contributed by atoms with Crippen molar-refractivity contribution in [1.29, 1.82) is 0 Å². The number of allylic oxidation sites excluding steroid dienone is 16. The summed E-state index contributed by atoms with van der Waals surface area (Å²) >= 11 is 0. The number of esters is 3. The smallest absolute Gasteiger partial charge is 0.306 e. The lowest BCUT2D eigenvalue weighted by molar-refractivity contribution is -0.167. The number of ether oxygens (including phenoxy) is 3. The van der Waals surface area contributed by atoms with Gasteiger partial charge in [0.2, 0.25) is 0 Å². The SMILES string of the molecule is CC/C=C\C/C=C\C/C=C\CCCCCCC(=O)OC(COC(=O)CCCC/C=C\C/C=C\C/C=C\CC)COC(=O)CCCCC/C=C\C=C/CCCCCCCCC. The Hall–Kier alpha value is -3.67. The van der Waals surface area contributed by atoms with Crippen LogP contribution in [0.15, 0.2) is 97.2 Å². The maximum Gasteiger partial charge on any atom is 0.306 e. The molecule has 0 amide bonds. The highest BCUT2D eigenvalue weighted by molar-refractivity contribution is 5.71. The van der Waals surface area contributed by atoms with Crippen molar-refractivity contribution in [2.24, 2.45) is 0 Å². The molecule has 0 aliphatic carbocycles. The zero-order valence-corrected chi connectivity index (χ0v) is 38.7. The van der Waals surface area contributed by atoms with E-state index in [1.54, 1.807) is 0 Å². The van der Waals surface area contributed by atoms with Gasteiger partial charge in [-0.2, -0.15) is 0 Å². The van der Waals surface area contributed by atoms with E-state index >= 15 is 0 Å². The fourth-order valence-corrected chi connectivity index (χ4v) is 6.22. The largest absolute Gasteiger partial charge is 0.462 e. The topological polar surface area (TPSA) is 78.9 Å². The monoisotopic (exact) mass is 833 g/mol. The number of hydrogen-bond donors (Lipinski definition) is 0. The van der Waals surface area contributed by atoms with Crippen LogP contribution in [0.4, 0.5) is 0 Å². The van der Waals surface area contributed by atoms with E-state index in [2.05, 4.69) is 118 Å². The summed E-state index contributed by atoms with van der Waals surface area (Å²) < 4.78 is 16.7. The molecule has 1 unspecified atom stereocenters. The first-order chi connectivity index (χ1) is 29.5. The van der Waals surface area contributed by atoms with Crippen molar-refractivity contribution in [1.82, 2.24) is 0 Å². The van der Waals surface area contributed by atoms with Gasteiger partial charge in [0.15, 0.2) is 6.10 Å². The van der Waals surface area contributed by atoms with Gasteiger partial charge in [-0.1, -0.05) is 176 Å². The Balaban J connectivity index is 4.52. The first-order valence-electron chi connectivity index (χ1n) is 24.3. The Bertz CT molecular complexity index is 1230. The van der Waals surface area contributed by atoms with Crippen LogP contribution in [-0.2, 0) is 28.6 Å². The van der Waals surface area contributed by atoms with E-state index in [0.29, 0.717) is 12.8 Å². The highest BCUT2D eigenvalue weighted by Gasteiger charge is 2.19. The molecule has 0 aromatic heterocycles. The molecule has 0 fully saturated rings. The minimum absolute atomic E-state index is 0.114. The van der Waals surface area contributed by atoms with Gasteiger partial charge in [0.05, 0.1) is 0 Å². The zero-order chi connectivity index (χ0) is 43.7. The molecule has 340 valence electrons. The molecule has 0 N–H and O–H groups in total. The lowest BCUT2D eigenvalue weighted by Gasteiger charge is -2.18.